The summed E-state index contributed by atoms with van der Waals surface area (Å²) in [7, 11) is -3.52. The molecule has 2 rings (SSSR count). The largest absolute Gasteiger partial charge is 0.452 e. The predicted octanol–water partition coefficient (Wildman–Crippen LogP) is 1.91. The maximum Gasteiger partial charge on any atom is 0.331 e. The van der Waals surface area contributed by atoms with E-state index in [-0.39, 0.29) is 29.6 Å². The summed E-state index contributed by atoms with van der Waals surface area (Å²) in [4.78, 5) is 26.0. The summed E-state index contributed by atoms with van der Waals surface area (Å²) in [5.74, 6) is -0.901. The highest BCUT2D eigenvalue weighted by Gasteiger charge is 2.26. The lowest BCUT2D eigenvalue weighted by molar-refractivity contribution is -0.154. The van der Waals surface area contributed by atoms with Gasteiger partial charge in [-0.05, 0) is 37.6 Å². The first-order valence-electron chi connectivity index (χ1n) is 10.1. The van der Waals surface area contributed by atoms with Crippen LogP contribution >= 0.6 is 0 Å². The zero-order chi connectivity index (χ0) is 22.3. The lowest BCUT2D eigenvalue weighted by Gasteiger charge is -2.35. The Bertz CT molecular complexity index is 852. The number of benzene rings is 1. The van der Waals surface area contributed by atoms with Gasteiger partial charge in [0.2, 0.25) is 10.0 Å². The molecule has 0 aromatic heterocycles. The van der Waals surface area contributed by atoms with Gasteiger partial charge in [-0.1, -0.05) is 26.0 Å². The van der Waals surface area contributed by atoms with E-state index in [1.807, 2.05) is 13.8 Å². The Morgan fingerprint density at radius 3 is 2.23 bits per heavy atom. The Hall–Kier alpha value is -2.23. The van der Waals surface area contributed by atoms with Crippen LogP contribution in [0.25, 0.3) is 6.08 Å². The smallest absolute Gasteiger partial charge is 0.331 e. The zero-order valence-corrected chi connectivity index (χ0v) is 18.7. The molecule has 0 bridgehead atoms. The van der Waals surface area contributed by atoms with Crippen molar-refractivity contribution >= 4 is 28.0 Å². The molecule has 1 heterocycles. The maximum atomic E-state index is 12.5. The summed E-state index contributed by atoms with van der Waals surface area (Å²) < 4.78 is 37.0. The van der Waals surface area contributed by atoms with Gasteiger partial charge >= 0.3 is 5.97 Å². The van der Waals surface area contributed by atoms with Crippen LogP contribution in [0.4, 0.5) is 0 Å². The monoisotopic (exact) mass is 438 g/mol. The molecule has 1 fully saturated rings. The third-order valence-electron chi connectivity index (χ3n) is 4.75. The minimum absolute atomic E-state index is 0.0539. The third-order valence-corrected chi connectivity index (χ3v) is 6.81. The first kappa shape index (κ1) is 24.0. The standard InChI is InChI=1S/C21H30N2O6S/c1-5-23(6-2)30(26,27)19-10-7-18(8-11-19)9-12-21(25)28-15-20(24)22-13-16(3)29-17(4)14-22/h7-12,16-17H,5-6,13-15H2,1-4H3/b12-9+/t16-,17+. The number of sulfonamides is 1. The Morgan fingerprint density at radius 1 is 1.13 bits per heavy atom. The second kappa shape index (κ2) is 10.7. The number of esters is 1. The fourth-order valence-corrected chi connectivity index (χ4v) is 4.74. The van der Waals surface area contributed by atoms with Gasteiger partial charge in [-0.3, -0.25) is 4.79 Å². The van der Waals surface area contributed by atoms with Crippen molar-refractivity contribution in [3.05, 3.63) is 35.9 Å². The van der Waals surface area contributed by atoms with Crippen molar-refractivity contribution in [2.45, 2.75) is 44.8 Å². The highest BCUT2D eigenvalue weighted by Crippen LogP contribution is 2.17. The Morgan fingerprint density at radius 2 is 1.70 bits per heavy atom. The SMILES string of the molecule is CCN(CC)S(=O)(=O)c1ccc(/C=C/C(=O)OCC(=O)N2C[C@@H](C)O[C@@H](C)C2)cc1. The number of amides is 1. The van der Waals surface area contributed by atoms with E-state index >= 15 is 0 Å². The molecule has 0 unspecified atom stereocenters. The van der Waals surface area contributed by atoms with E-state index in [0.717, 1.165) is 0 Å². The number of ether oxygens (including phenoxy) is 2. The van der Waals surface area contributed by atoms with E-state index in [0.29, 0.717) is 31.7 Å². The summed E-state index contributed by atoms with van der Waals surface area (Å²) in [6.07, 6.45) is 2.62. The highest BCUT2D eigenvalue weighted by molar-refractivity contribution is 7.89. The molecule has 1 aromatic rings. The average molecular weight is 439 g/mol. The second-order valence-electron chi connectivity index (χ2n) is 7.16. The molecule has 8 nitrogen and oxygen atoms in total. The Labute approximate surface area is 178 Å². The van der Waals surface area contributed by atoms with Crippen molar-refractivity contribution in [2.75, 3.05) is 32.8 Å². The Kier molecular flexibility index (Phi) is 8.57. The van der Waals surface area contributed by atoms with Gasteiger partial charge in [-0.15, -0.1) is 0 Å². The van der Waals surface area contributed by atoms with Gasteiger partial charge in [0.05, 0.1) is 17.1 Å². The van der Waals surface area contributed by atoms with Crippen molar-refractivity contribution in [1.82, 2.24) is 9.21 Å². The molecule has 0 N–H and O–H groups in total. The fourth-order valence-electron chi connectivity index (χ4n) is 3.28. The number of hydrogen-bond donors (Lipinski definition) is 0. The van der Waals surface area contributed by atoms with E-state index in [1.54, 1.807) is 30.9 Å². The molecule has 0 saturated carbocycles. The summed E-state index contributed by atoms with van der Waals surface area (Å²) in [5.41, 5.74) is 0.646. The van der Waals surface area contributed by atoms with Crippen LogP contribution in [-0.2, 0) is 29.1 Å². The van der Waals surface area contributed by atoms with Crippen LogP contribution in [-0.4, -0.2) is 74.5 Å². The van der Waals surface area contributed by atoms with Crippen LogP contribution < -0.4 is 0 Å². The van der Waals surface area contributed by atoms with Gasteiger partial charge in [-0.25, -0.2) is 13.2 Å². The number of carbonyl (C=O) groups excluding carboxylic acids is 2. The second-order valence-corrected chi connectivity index (χ2v) is 9.09. The molecular weight excluding hydrogens is 408 g/mol. The van der Waals surface area contributed by atoms with Crippen molar-refractivity contribution < 1.29 is 27.5 Å². The number of carbonyl (C=O) groups is 2. The summed E-state index contributed by atoms with van der Waals surface area (Å²) in [5, 5.41) is 0. The van der Waals surface area contributed by atoms with Gasteiger partial charge < -0.3 is 14.4 Å². The van der Waals surface area contributed by atoms with E-state index in [4.69, 9.17) is 9.47 Å². The molecule has 1 aliphatic heterocycles. The quantitative estimate of drug-likeness (QED) is 0.455. The van der Waals surface area contributed by atoms with E-state index in [9.17, 15) is 18.0 Å². The van der Waals surface area contributed by atoms with Gasteiger partial charge in [0.1, 0.15) is 0 Å². The number of rotatable bonds is 8. The molecule has 1 saturated heterocycles. The van der Waals surface area contributed by atoms with Crippen LogP contribution in [0.2, 0.25) is 0 Å². The first-order valence-corrected chi connectivity index (χ1v) is 11.5. The minimum atomic E-state index is -3.52. The first-order chi connectivity index (χ1) is 14.2. The molecule has 30 heavy (non-hydrogen) atoms. The molecule has 0 radical (unpaired) electrons. The lowest BCUT2D eigenvalue weighted by atomic mass is 10.2. The molecule has 1 aromatic carbocycles. The predicted molar refractivity (Wildman–Crippen MR) is 113 cm³/mol. The third kappa shape index (κ3) is 6.38. The number of nitrogens with zero attached hydrogens (tertiary/aromatic N) is 2. The van der Waals surface area contributed by atoms with Gasteiger partial charge in [-0.2, -0.15) is 4.31 Å². The van der Waals surface area contributed by atoms with Crippen molar-refractivity contribution in [1.29, 1.82) is 0 Å². The summed E-state index contributed by atoms with van der Waals surface area (Å²) in [6, 6.07) is 6.23. The Balaban J connectivity index is 1.90. The molecule has 0 spiro atoms. The van der Waals surface area contributed by atoms with Crippen molar-refractivity contribution in [2.24, 2.45) is 0 Å². The van der Waals surface area contributed by atoms with Gasteiger partial charge in [0, 0.05) is 32.3 Å². The lowest BCUT2D eigenvalue weighted by Crippen LogP contribution is -2.49. The minimum Gasteiger partial charge on any atom is -0.452 e. The van der Waals surface area contributed by atoms with Crippen LogP contribution in [0.3, 0.4) is 0 Å². The van der Waals surface area contributed by atoms with Crippen molar-refractivity contribution in [3.63, 3.8) is 0 Å². The van der Waals surface area contributed by atoms with Crippen LogP contribution in [0.15, 0.2) is 35.2 Å². The average Bonchev–Trinajstić information content (AvgIpc) is 2.70. The molecular formula is C21H30N2O6S. The highest BCUT2D eigenvalue weighted by atomic mass is 32.2. The fraction of sp³-hybridized carbons (Fsp3) is 0.524. The molecule has 9 heteroatoms. The molecule has 1 amide bonds. The van der Waals surface area contributed by atoms with Crippen molar-refractivity contribution in [3.8, 4) is 0 Å². The maximum absolute atomic E-state index is 12.5. The van der Waals surface area contributed by atoms with E-state index in [1.165, 1.54) is 28.6 Å². The van der Waals surface area contributed by atoms with E-state index < -0.39 is 16.0 Å². The molecule has 0 aliphatic carbocycles. The van der Waals surface area contributed by atoms with Gasteiger partial charge in [0.15, 0.2) is 6.61 Å². The van der Waals surface area contributed by atoms with Crippen LogP contribution in [0.1, 0.15) is 33.3 Å². The van der Waals surface area contributed by atoms with Gasteiger partial charge in [0.25, 0.3) is 5.91 Å². The molecule has 2 atom stereocenters. The number of morpholine rings is 1. The normalized spacial score (nSPS) is 20.0. The van der Waals surface area contributed by atoms with Crippen LogP contribution in [0.5, 0.6) is 0 Å². The van der Waals surface area contributed by atoms with Crippen LogP contribution in [0, 0.1) is 0 Å². The van der Waals surface area contributed by atoms with E-state index in [2.05, 4.69) is 0 Å². The summed E-state index contributed by atoms with van der Waals surface area (Å²) >= 11 is 0. The topological polar surface area (TPSA) is 93.2 Å². The zero-order valence-electron chi connectivity index (χ0n) is 17.9. The summed E-state index contributed by atoms with van der Waals surface area (Å²) in [6.45, 7) is 8.76. The molecule has 1 aliphatic rings. The number of hydrogen-bond acceptors (Lipinski definition) is 6. The molecule has 166 valence electrons.